The van der Waals surface area contributed by atoms with Gasteiger partial charge in [0.2, 0.25) is 0 Å². The summed E-state index contributed by atoms with van der Waals surface area (Å²) in [6, 6.07) is 0.919. The molecular weight excluding hydrogens is 312 g/mol. The van der Waals surface area contributed by atoms with E-state index in [1.807, 2.05) is 18.8 Å². The average molecular weight is 351 g/mol. The molecule has 25 heavy (non-hydrogen) atoms. The molecule has 1 aromatic rings. The number of unbranched alkanes of at least 4 members (excludes halogenated alkanes) is 1. The summed E-state index contributed by atoms with van der Waals surface area (Å²) in [5.41, 5.74) is 3.68. The molecule has 0 aliphatic carbocycles. The van der Waals surface area contributed by atoms with E-state index in [0.717, 1.165) is 37.6 Å². The molecule has 0 aromatic carbocycles. The van der Waals surface area contributed by atoms with Crippen LogP contribution in [0.2, 0.25) is 0 Å². The van der Waals surface area contributed by atoms with E-state index in [9.17, 15) is 0 Å². The quantitative estimate of drug-likeness (QED) is 0.407. The number of aliphatic imine (C=N–C) groups is 1. The Morgan fingerprint density at radius 1 is 1.24 bits per heavy atom. The summed E-state index contributed by atoms with van der Waals surface area (Å²) in [6.07, 6.45) is 3.29. The van der Waals surface area contributed by atoms with Gasteiger partial charge < -0.3 is 15.5 Å². The molecule has 0 saturated carbocycles. The molecule has 0 radical (unpaired) electrons. The first-order valence-electron chi connectivity index (χ1n) is 9.42. The first kappa shape index (κ1) is 21.5. The van der Waals surface area contributed by atoms with Crippen LogP contribution >= 0.6 is 0 Å². The Balaban J connectivity index is 2.35. The lowest BCUT2D eigenvalue weighted by Gasteiger charge is -2.21. The number of guanidine groups is 1. The van der Waals surface area contributed by atoms with E-state index >= 15 is 0 Å². The van der Waals surface area contributed by atoms with E-state index in [2.05, 4.69) is 67.3 Å². The van der Waals surface area contributed by atoms with Crippen molar-refractivity contribution in [2.45, 2.75) is 66.0 Å². The Morgan fingerprint density at radius 3 is 2.44 bits per heavy atom. The predicted octanol–water partition coefficient (Wildman–Crippen LogP) is 2.25. The first-order valence-corrected chi connectivity index (χ1v) is 9.42. The lowest BCUT2D eigenvalue weighted by Crippen LogP contribution is -2.43. The second-order valence-electron chi connectivity index (χ2n) is 7.30. The van der Waals surface area contributed by atoms with Crippen LogP contribution in [0.1, 0.15) is 50.6 Å². The molecule has 0 aliphatic heterocycles. The number of nitrogens with one attached hydrogen (secondary N) is 2. The topological polar surface area (TPSA) is 57.5 Å². The van der Waals surface area contributed by atoms with Crippen LogP contribution in [0.3, 0.4) is 0 Å². The van der Waals surface area contributed by atoms with Crippen LogP contribution in [0.25, 0.3) is 0 Å². The molecule has 1 atom stereocenters. The van der Waals surface area contributed by atoms with Crippen LogP contribution in [0.15, 0.2) is 4.99 Å². The van der Waals surface area contributed by atoms with Gasteiger partial charge in [0.15, 0.2) is 5.96 Å². The number of hydrogen-bond acceptors (Lipinski definition) is 3. The summed E-state index contributed by atoms with van der Waals surface area (Å²) in [5, 5.41) is 11.4. The third-order valence-corrected chi connectivity index (χ3v) is 4.89. The molecule has 0 aliphatic rings. The molecule has 6 heteroatoms. The van der Waals surface area contributed by atoms with Crippen LogP contribution in [0.5, 0.6) is 0 Å². The zero-order chi connectivity index (χ0) is 19.0. The van der Waals surface area contributed by atoms with Crippen molar-refractivity contribution >= 4 is 5.96 Å². The Kier molecular flexibility index (Phi) is 8.97. The minimum absolute atomic E-state index is 0.305. The standard InChI is InChI=1S/C19H38N6/c1-14(2)24(7)12-10-9-11-21-19(20-6)22-15(3)13-18-16(4)23-25(8)17(18)5/h14-15H,9-13H2,1-8H3,(H2,20,21,22). The maximum absolute atomic E-state index is 4.50. The van der Waals surface area contributed by atoms with Crippen molar-refractivity contribution in [2.24, 2.45) is 12.0 Å². The van der Waals surface area contributed by atoms with Crippen LogP contribution in [0.4, 0.5) is 0 Å². The van der Waals surface area contributed by atoms with Gasteiger partial charge in [-0.2, -0.15) is 5.10 Å². The molecule has 1 aromatic heterocycles. The highest BCUT2D eigenvalue weighted by atomic mass is 15.3. The van der Waals surface area contributed by atoms with Gasteiger partial charge in [0, 0.05) is 38.4 Å². The van der Waals surface area contributed by atoms with Crippen molar-refractivity contribution in [2.75, 3.05) is 27.2 Å². The second-order valence-corrected chi connectivity index (χ2v) is 7.30. The lowest BCUT2D eigenvalue weighted by molar-refractivity contribution is 0.268. The normalized spacial score (nSPS) is 13.6. The van der Waals surface area contributed by atoms with E-state index < -0.39 is 0 Å². The summed E-state index contributed by atoms with van der Waals surface area (Å²) in [4.78, 5) is 6.73. The molecule has 6 nitrogen and oxygen atoms in total. The van der Waals surface area contributed by atoms with E-state index in [-0.39, 0.29) is 0 Å². The maximum Gasteiger partial charge on any atom is 0.191 e. The average Bonchev–Trinajstić information content (AvgIpc) is 2.79. The van der Waals surface area contributed by atoms with E-state index in [0.29, 0.717) is 12.1 Å². The third-order valence-electron chi connectivity index (χ3n) is 4.89. The van der Waals surface area contributed by atoms with Gasteiger partial charge in [-0.05, 0) is 73.0 Å². The van der Waals surface area contributed by atoms with E-state index in [4.69, 9.17) is 0 Å². The molecule has 0 fully saturated rings. The largest absolute Gasteiger partial charge is 0.356 e. The zero-order valence-corrected chi connectivity index (χ0v) is 17.5. The number of nitrogens with zero attached hydrogens (tertiary/aromatic N) is 4. The first-order chi connectivity index (χ1) is 11.8. The van der Waals surface area contributed by atoms with Gasteiger partial charge in [0.05, 0.1) is 5.69 Å². The van der Waals surface area contributed by atoms with Crippen LogP contribution < -0.4 is 10.6 Å². The summed E-state index contributed by atoms with van der Waals surface area (Å²) in [5.74, 6) is 0.879. The number of rotatable bonds is 9. The summed E-state index contributed by atoms with van der Waals surface area (Å²) in [6.45, 7) is 13.0. The highest BCUT2D eigenvalue weighted by Gasteiger charge is 2.13. The summed E-state index contributed by atoms with van der Waals surface area (Å²) < 4.78 is 1.96. The van der Waals surface area contributed by atoms with E-state index in [1.165, 1.54) is 17.7 Å². The number of aromatic nitrogens is 2. The lowest BCUT2D eigenvalue weighted by atomic mass is 10.1. The highest BCUT2D eigenvalue weighted by molar-refractivity contribution is 5.79. The van der Waals surface area contributed by atoms with Crippen LogP contribution in [-0.2, 0) is 13.5 Å². The Morgan fingerprint density at radius 2 is 1.92 bits per heavy atom. The van der Waals surface area contributed by atoms with Gasteiger partial charge in [0.25, 0.3) is 0 Å². The SMILES string of the molecule is CN=C(NCCCCN(C)C(C)C)NC(C)Cc1c(C)nn(C)c1C. The van der Waals surface area contributed by atoms with Crippen molar-refractivity contribution in [3.63, 3.8) is 0 Å². The van der Waals surface area contributed by atoms with Gasteiger partial charge in [0.1, 0.15) is 0 Å². The molecule has 2 N–H and O–H groups in total. The molecular formula is C19H38N6. The van der Waals surface area contributed by atoms with Crippen LogP contribution in [-0.4, -0.2) is 59.9 Å². The van der Waals surface area contributed by atoms with Crippen molar-refractivity contribution in [3.05, 3.63) is 17.0 Å². The molecule has 1 heterocycles. The van der Waals surface area contributed by atoms with Crippen molar-refractivity contribution in [1.29, 1.82) is 0 Å². The summed E-state index contributed by atoms with van der Waals surface area (Å²) >= 11 is 0. The van der Waals surface area contributed by atoms with Crippen LogP contribution in [0, 0.1) is 13.8 Å². The number of hydrogen-bond donors (Lipinski definition) is 2. The van der Waals surface area contributed by atoms with E-state index in [1.54, 1.807) is 0 Å². The molecule has 0 bridgehead atoms. The van der Waals surface area contributed by atoms with Gasteiger partial charge in [-0.25, -0.2) is 0 Å². The van der Waals surface area contributed by atoms with Gasteiger partial charge in [-0.15, -0.1) is 0 Å². The van der Waals surface area contributed by atoms with Gasteiger partial charge >= 0.3 is 0 Å². The molecule has 0 saturated heterocycles. The van der Waals surface area contributed by atoms with Crippen molar-refractivity contribution in [1.82, 2.24) is 25.3 Å². The zero-order valence-electron chi connectivity index (χ0n) is 17.5. The molecule has 1 rings (SSSR count). The monoisotopic (exact) mass is 350 g/mol. The molecule has 0 amide bonds. The Labute approximate surface area is 154 Å². The van der Waals surface area contributed by atoms with Gasteiger partial charge in [-0.3, -0.25) is 9.67 Å². The Bertz CT molecular complexity index is 546. The number of aryl methyl sites for hydroxylation is 2. The maximum atomic E-state index is 4.50. The predicted molar refractivity (Wildman–Crippen MR) is 107 cm³/mol. The third kappa shape index (κ3) is 7.06. The Hall–Kier alpha value is -1.56. The van der Waals surface area contributed by atoms with Gasteiger partial charge in [-0.1, -0.05) is 0 Å². The highest BCUT2D eigenvalue weighted by Crippen LogP contribution is 2.14. The fraction of sp³-hybridized carbons (Fsp3) is 0.789. The molecule has 0 spiro atoms. The fourth-order valence-corrected chi connectivity index (χ4v) is 2.85. The minimum Gasteiger partial charge on any atom is -0.356 e. The smallest absolute Gasteiger partial charge is 0.191 e. The molecule has 144 valence electrons. The fourth-order valence-electron chi connectivity index (χ4n) is 2.85. The van der Waals surface area contributed by atoms with Crippen molar-refractivity contribution < 1.29 is 0 Å². The second kappa shape index (κ2) is 10.4. The summed E-state index contributed by atoms with van der Waals surface area (Å²) in [7, 11) is 6.01. The van der Waals surface area contributed by atoms with Crippen molar-refractivity contribution in [3.8, 4) is 0 Å². The molecule has 1 unspecified atom stereocenters. The minimum atomic E-state index is 0.305.